The molecule has 1 aromatic carbocycles. The van der Waals surface area contributed by atoms with Crippen LogP contribution in [-0.2, 0) is 24.6 Å². The van der Waals surface area contributed by atoms with Gasteiger partial charge in [-0.2, -0.15) is 4.31 Å². The quantitative estimate of drug-likeness (QED) is 0.564. The van der Waals surface area contributed by atoms with E-state index in [-0.39, 0.29) is 29.0 Å². The number of halogens is 2. The van der Waals surface area contributed by atoms with Crippen LogP contribution < -0.4 is 0 Å². The van der Waals surface area contributed by atoms with Crippen molar-refractivity contribution >= 4 is 51.7 Å². The standard InChI is InChI=1S/C16H21Br2NO5S2/c17-12-3-4-15(18)16(10-12)26(22,23)19(7-5-14-2-1-8-24-14)13-6-9-25(20,21)11-13/h3-4,10,13-14H,1-2,5-9,11H2/t13-,14+/m0/s1. The molecule has 2 aliphatic rings. The molecule has 0 spiro atoms. The molecule has 2 fully saturated rings. The molecule has 0 unspecified atom stereocenters. The Morgan fingerprint density at radius 2 is 2.00 bits per heavy atom. The lowest BCUT2D eigenvalue weighted by Crippen LogP contribution is -2.42. The molecule has 10 heteroatoms. The lowest BCUT2D eigenvalue weighted by Gasteiger charge is -2.28. The van der Waals surface area contributed by atoms with Gasteiger partial charge in [0, 0.05) is 28.1 Å². The molecule has 2 saturated heterocycles. The minimum Gasteiger partial charge on any atom is -0.378 e. The van der Waals surface area contributed by atoms with E-state index in [9.17, 15) is 16.8 Å². The van der Waals surface area contributed by atoms with Crippen LogP contribution in [0.3, 0.4) is 0 Å². The first-order chi connectivity index (χ1) is 12.2. The fourth-order valence-electron chi connectivity index (χ4n) is 3.45. The van der Waals surface area contributed by atoms with Crippen LogP contribution in [0.2, 0.25) is 0 Å². The first-order valence-corrected chi connectivity index (χ1v) is 13.3. The molecule has 0 aliphatic carbocycles. The number of nitrogens with zero attached hydrogens (tertiary/aromatic N) is 1. The van der Waals surface area contributed by atoms with E-state index in [1.54, 1.807) is 18.2 Å². The van der Waals surface area contributed by atoms with Gasteiger partial charge in [0.1, 0.15) is 0 Å². The Balaban J connectivity index is 1.91. The SMILES string of the molecule is O=S1(=O)CC[C@H](N(CC[C@H]2CCCO2)S(=O)(=O)c2cc(Br)ccc2Br)C1. The summed E-state index contributed by atoms with van der Waals surface area (Å²) in [5.41, 5.74) is 0. The van der Waals surface area contributed by atoms with Crippen molar-refractivity contribution < 1.29 is 21.6 Å². The van der Waals surface area contributed by atoms with Crippen LogP contribution in [-0.4, -0.2) is 57.9 Å². The predicted octanol–water partition coefficient (Wildman–Crippen LogP) is 2.96. The Labute approximate surface area is 171 Å². The van der Waals surface area contributed by atoms with E-state index in [1.807, 2.05) is 0 Å². The van der Waals surface area contributed by atoms with Crippen LogP contribution in [0.5, 0.6) is 0 Å². The Morgan fingerprint density at radius 3 is 2.62 bits per heavy atom. The maximum absolute atomic E-state index is 13.3. The summed E-state index contributed by atoms with van der Waals surface area (Å²) in [6.07, 6.45) is 2.83. The van der Waals surface area contributed by atoms with E-state index < -0.39 is 25.9 Å². The highest BCUT2D eigenvalue weighted by Crippen LogP contribution is 2.32. The second-order valence-corrected chi connectivity index (χ2v) is 12.5. The van der Waals surface area contributed by atoms with Crippen molar-refractivity contribution in [1.82, 2.24) is 4.31 Å². The molecule has 26 heavy (non-hydrogen) atoms. The molecule has 0 N–H and O–H groups in total. The average molecular weight is 531 g/mol. The van der Waals surface area contributed by atoms with E-state index in [0.29, 0.717) is 28.4 Å². The smallest absolute Gasteiger partial charge is 0.244 e. The van der Waals surface area contributed by atoms with Crippen molar-refractivity contribution in [2.45, 2.75) is 42.7 Å². The summed E-state index contributed by atoms with van der Waals surface area (Å²) in [6.45, 7) is 0.957. The van der Waals surface area contributed by atoms with Crippen LogP contribution in [0.1, 0.15) is 25.7 Å². The Kier molecular flexibility index (Phi) is 6.51. The number of benzene rings is 1. The van der Waals surface area contributed by atoms with Crippen LogP contribution in [0.15, 0.2) is 32.0 Å². The van der Waals surface area contributed by atoms with Crippen molar-refractivity contribution in [3.63, 3.8) is 0 Å². The molecule has 1 aromatic rings. The minimum absolute atomic E-state index is 0.0310. The zero-order valence-electron chi connectivity index (χ0n) is 14.1. The lowest BCUT2D eigenvalue weighted by atomic mass is 10.1. The van der Waals surface area contributed by atoms with Crippen LogP contribution in [0.4, 0.5) is 0 Å². The van der Waals surface area contributed by atoms with Crippen molar-refractivity contribution in [1.29, 1.82) is 0 Å². The fourth-order valence-corrected chi connectivity index (χ4v) is 8.41. The van der Waals surface area contributed by atoms with Gasteiger partial charge in [0.05, 0.1) is 22.5 Å². The molecule has 0 bridgehead atoms. The molecule has 0 saturated carbocycles. The van der Waals surface area contributed by atoms with Gasteiger partial charge in [-0.15, -0.1) is 0 Å². The second-order valence-electron chi connectivity index (χ2n) is 6.67. The third kappa shape index (κ3) is 4.70. The van der Waals surface area contributed by atoms with Gasteiger partial charge in [-0.3, -0.25) is 0 Å². The third-order valence-corrected chi connectivity index (χ3v) is 9.98. The van der Waals surface area contributed by atoms with Crippen LogP contribution >= 0.6 is 31.9 Å². The van der Waals surface area contributed by atoms with E-state index in [0.717, 1.165) is 12.8 Å². The molecule has 2 heterocycles. The number of sulfone groups is 1. The molecule has 6 nitrogen and oxygen atoms in total. The van der Waals surface area contributed by atoms with Gasteiger partial charge in [0.15, 0.2) is 9.84 Å². The van der Waals surface area contributed by atoms with E-state index >= 15 is 0 Å². The largest absolute Gasteiger partial charge is 0.378 e. The number of hydrogen-bond donors (Lipinski definition) is 0. The van der Waals surface area contributed by atoms with Gasteiger partial charge < -0.3 is 4.74 Å². The number of sulfonamides is 1. The molecule has 0 radical (unpaired) electrons. The molecule has 0 aromatic heterocycles. The highest BCUT2D eigenvalue weighted by atomic mass is 79.9. The van der Waals surface area contributed by atoms with E-state index in [2.05, 4.69) is 31.9 Å². The van der Waals surface area contributed by atoms with Gasteiger partial charge in [-0.25, -0.2) is 16.8 Å². The Bertz CT molecular complexity index is 867. The van der Waals surface area contributed by atoms with Gasteiger partial charge in [0.2, 0.25) is 10.0 Å². The van der Waals surface area contributed by atoms with Crippen molar-refractivity contribution in [3.8, 4) is 0 Å². The lowest BCUT2D eigenvalue weighted by molar-refractivity contribution is 0.0974. The topological polar surface area (TPSA) is 80.8 Å². The van der Waals surface area contributed by atoms with Crippen molar-refractivity contribution in [2.75, 3.05) is 24.7 Å². The molecular formula is C16H21Br2NO5S2. The predicted molar refractivity (Wildman–Crippen MR) is 106 cm³/mol. The van der Waals surface area contributed by atoms with Gasteiger partial charge >= 0.3 is 0 Å². The zero-order chi connectivity index (χ0) is 18.9. The van der Waals surface area contributed by atoms with Gasteiger partial charge in [0.25, 0.3) is 0 Å². The summed E-state index contributed by atoms with van der Waals surface area (Å²) >= 11 is 6.63. The summed E-state index contributed by atoms with van der Waals surface area (Å²) in [4.78, 5) is 0.142. The number of ether oxygens (including phenoxy) is 1. The Morgan fingerprint density at radius 1 is 1.23 bits per heavy atom. The summed E-state index contributed by atoms with van der Waals surface area (Å²) in [5, 5.41) is 0. The number of hydrogen-bond acceptors (Lipinski definition) is 5. The Hall–Kier alpha value is -0.000000000000000111. The first-order valence-electron chi connectivity index (χ1n) is 8.48. The monoisotopic (exact) mass is 529 g/mol. The molecular weight excluding hydrogens is 510 g/mol. The third-order valence-electron chi connectivity index (χ3n) is 4.79. The molecule has 0 amide bonds. The maximum Gasteiger partial charge on any atom is 0.244 e. The summed E-state index contributed by atoms with van der Waals surface area (Å²) in [6, 6.07) is 4.43. The summed E-state index contributed by atoms with van der Waals surface area (Å²) in [7, 11) is -7.04. The van der Waals surface area contributed by atoms with Crippen molar-refractivity contribution in [3.05, 3.63) is 27.1 Å². The summed E-state index contributed by atoms with van der Waals surface area (Å²) in [5.74, 6) is -0.0906. The molecule has 2 aliphatic heterocycles. The van der Waals surface area contributed by atoms with Crippen molar-refractivity contribution in [2.24, 2.45) is 0 Å². The van der Waals surface area contributed by atoms with Gasteiger partial charge in [-0.05, 0) is 59.8 Å². The van der Waals surface area contributed by atoms with Gasteiger partial charge in [-0.1, -0.05) is 15.9 Å². The molecule has 146 valence electrons. The average Bonchev–Trinajstić information content (AvgIpc) is 3.19. The highest BCUT2D eigenvalue weighted by Gasteiger charge is 2.39. The normalized spacial score (nSPS) is 25.8. The molecule has 2 atom stereocenters. The second kappa shape index (κ2) is 8.16. The minimum atomic E-state index is -3.84. The van der Waals surface area contributed by atoms with E-state index in [1.165, 1.54) is 4.31 Å². The molecule has 3 rings (SSSR count). The maximum atomic E-state index is 13.3. The number of rotatable bonds is 6. The fraction of sp³-hybridized carbons (Fsp3) is 0.625. The van der Waals surface area contributed by atoms with Crippen LogP contribution in [0, 0.1) is 0 Å². The van der Waals surface area contributed by atoms with E-state index in [4.69, 9.17) is 4.74 Å². The summed E-state index contributed by atoms with van der Waals surface area (Å²) < 4.78 is 58.6. The highest BCUT2D eigenvalue weighted by molar-refractivity contribution is 9.11. The first kappa shape index (κ1) is 20.7. The zero-order valence-corrected chi connectivity index (χ0v) is 18.9. The van der Waals surface area contributed by atoms with Crippen LogP contribution in [0.25, 0.3) is 0 Å².